The predicted octanol–water partition coefficient (Wildman–Crippen LogP) is 4.78. The highest BCUT2D eigenvalue weighted by atomic mass is 35.5. The van der Waals surface area contributed by atoms with E-state index in [9.17, 15) is 9.18 Å². The summed E-state index contributed by atoms with van der Waals surface area (Å²) in [6.07, 6.45) is -0.0340. The monoisotopic (exact) mass is 346 g/mol. The molecule has 3 aromatic rings. The van der Waals surface area contributed by atoms with Gasteiger partial charge >= 0.3 is 0 Å². The van der Waals surface area contributed by atoms with Crippen molar-refractivity contribution < 1.29 is 9.18 Å². The molecular weight excluding hydrogens is 335 g/mol. The third-order valence-electron chi connectivity index (χ3n) is 3.21. The van der Waals surface area contributed by atoms with Crippen LogP contribution in [0, 0.1) is 5.82 Å². The van der Waals surface area contributed by atoms with Crippen LogP contribution in [0.5, 0.6) is 0 Å². The number of rotatable bonds is 4. The fourth-order valence-electron chi connectivity index (χ4n) is 2.10. The SMILES string of the molecule is O=C(Cc1ccccc1F)Nc1nc(-c2ccccc2Cl)cs1. The van der Waals surface area contributed by atoms with E-state index in [4.69, 9.17) is 11.6 Å². The molecule has 0 fully saturated rings. The van der Waals surface area contributed by atoms with Crippen molar-refractivity contribution in [3.05, 3.63) is 70.3 Å². The van der Waals surface area contributed by atoms with Crippen molar-refractivity contribution in [1.29, 1.82) is 0 Å². The van der Waals surface area contributed by atoms with Crippen molar-refractivity contribution in [2.75, 3.05) is 5.32 Å². The number of hydrogen-bond acceptors (Lipinski definition) is 3. The smallest absolute Gasteiger partial charge is 0.230 e. The highest BCUT2D eigenvalue weighted by Gasteiger charge is 2.12. The Kier molecular flexibility index (Phi) is 4.69. The molecule has 1 amide bonds. The number of aromatic nitrogens is 1. The number of nitrogens with zero attached hydrogens (tertiary/aromatic N) is 1. The van der Waals surface area contributed by atoms with Gasteiger partial charge in [-0.05, 0) is 17.7 Å². The average molecular weight is 347 g/mol. The summed E-state index contributed by atoms with van der Waals surface area (Å²) in [4.78, 5) is 16.4. The molecule has 0 saturated heterocycles. The molecule has 3 nitrogen and oxygen atoms in total. The molecule has 0 aliphatic rings. The van der Waals surface area contributed by atoms with Crippen LogP contribution in [0.25, 0.3) is 11.3 Å². The van der Waals surface area contributed by atoms with Crippen molar-refractivity contribution in [3.63, 3.8) is 0 Å². The summed E-state index contributed by atoms with van der Waals surface area (Å²) in [6, 6.07) is 13.6. The van der Waals surface area contributed by atoms with Crippen LogP contribution in [-0.2, 0) is 11.2 Å². The molecule has 23 heavy (non-hydrogen) atoms. The Bertz CT molecular complexity index is 850. The normalized spacial score (nSPS) is 10.5. The molecule has 0 aliphatic heterocycles. The quantitative estimate of drug-likeness (QED) is 0.738. The van der Waals surface area contributed by atoms with E-state index in [1.165, 1.54) is 17.4 Å². The molecule has 3 rings (SSSR count). The molecule has 1 N–H and O–H groups in total. The van der Waals surface area contributed by atoms with Crippen LogP contribution in [0.3, 0.4) is 0 Å². The van der Waals surface area contributed by atoms with Gasteiger partial charge < -0.3 is 5.32 Å². The zero-order valence-electron chi connectivity index (χ0n) is 11.9. The third kappa shape index (κ3) is 3.75. The lowest BCUT2D eigenvalue weighted by atomic mass is 10.1. The molecule has 0 atom stereocenters. The molecule has 0 bridgehead atoms. The molecule has 0 unspecified atom stereocenters. The minimum absolute atomic E-state index is 0.0340. The van der Waals surface area contributed by atoms with Crippen molar-refractivity contribution >= 4 is 34.0 Å². The zero-order valence-corrected chi connectivity index (χ0v) is 13.5. The van der Waals surface area contributed by atoms with Crippen LogP contribution in [0.15, 0.2) is 53.9 Å². The first-order valence-electron chi connectivity index (χ1n) is 6.87. The highest BCUT2D eigenvalue weighted by molar-refractivity contribution is 7.14. The number of nitrogens with one attached hydrogen (secondary N) is 1. The number of carbonyl (C=O) groups is 1. The Morgan fingerprint density at radius 3 is 2.70 bits per heavy atom. The van der Waals surface area contributed by atoms with E-state index in [1.807, 2.05) is 23.6 Å². The first kappa shape index (κ1) is 15.6. The first-order chi connectivity index (χ1) is 11.1. The van der Waals surface area contributed by atoms with E-state index in [2.05, 4.69) is 10.3 Å². The first-order valence-corrected chi connectivity index (χ1v) is 8.13. The number of benzene rings is 2. The maximum atomic E-state index is 13.6. The average Bonchev–Trinajstić information content (AvgIpc) is 2.98. The molecule has 6 heteroatoms. The highest BCUT2D eigenvalue weighted by Crippen LogP contribution is 2.30. The Morgan fingerprint density at radius 1 is 1.17 bits per heavy atom. The van der Waals surface area contributed by atoms with Gasteiger partial charge in [-0.25, -0.2) is 9.37 Å². The standard InChI is InChI=1S/C17H12ClFN2OS/c18-13-7-3-2-6-12(13)15-10-23-17(20-15)21-16(22)9-11-5-1-4-8-14(11)19/h1-8,10H,9H2,(H,20,21,22). The van der Waals surface area contributed by atoms with Crippen LogP contribution in [0.2, 0.25) is 5.02 Å². The molecule has 1 aromatic heterocycles. The predicted molar refractivity (Wildman–Crippen MR) is 91.3 cm³/mol. The topological polar surface area (TPSA) is 42.0 Å². The minimum Gasteiger partial charge on any atom is -0.302 e. The van der Waals surface area contributed by atoms with Crippen molar-refractivity contribution in [1.82, 2.24) is 4.98 Å². The van der Waals surface area contributed by atoms with Gasteiger partial charge in [0.2, 0.25) is 5.91 Å². The Morgan fingerprint density at radius 2 is 1.91 bits per heavy atom. The van der Waals surface area contributed by atoms with Gasteiger partial charge in [0.25, 0.3) is 0 Å². The number of thiazole rings is 1. The largest absolute Gasteiger partial charge is 0.302 e. The van der Waals surface area contributed by atoms with Crippen LogP contribution >= 0.6 is 22.9 Å². The lowest BCUT2D eigenvalue weighted by molar-refractivity contribution is -0.115. The molecule has 1 heterocycles. The Labute approximate surface area is 141 Å². The number of anilines is 1. The van der Waals surface area contributed by atoms with Crippen molar-refractivity contribution in [2.24, 2.45) is 0 Å². The van der Waals surface area contributed by atoms with Gasteiger partial charge in [0.05, 0.1) is 12.1 Å². The van der Waals surface area contributed by atoms with Crippen LogP contribution < -0.4 is 5.32 Å². The van der Waals surface area contributed by atoms with Gasteiger partial charge in [0.15, 0.2) is 5.13 Å². The van der Waals surface area contributed by atoms with E-state index in [0.717, 1.165) is 5.56 Å². The zero-order chi connectivity index (χ0) is 16.2. The fraction of sp³-hybridized carbons (Fsp3) is 0.0588. The maximum Gasteiger partial charge on any atom is 0.230 e. The Hall–Kier alpha value is -2.24. The molecule has 0 aliphatic carbocycles. The molecule has 0 saturated carbocycles. The number of amides is 1. The summed E-state index contributed by atoms with van der Waals surface area (Å²) in [5, 5.41) is 5.56. The molecular formula is C17H12ClFN2OS. The molecule has 2 aromatic carbocycles. The number of carbonyl (C=O) groups excluding carboxylic acids is 1. The van der Waals surface area contributed by atoms with E-state index in [0.29, 0.717) is 21.4 Å². The van der Waals surface area contributed by atoms with Gasteiger partial charge in [-0.1, -0.05) is 48.0 Å². The second kappa shape index (κ2) is 6.89. The maximum absolute atomic E-state index is 13.6. The van der Waals surface area contributed by atoms with Gasteiger partial charge in [0.1, 0.15) is 5.82 Å². The lowest BCUT2D eigenvalue weighted by Gasteiger charge is -2.03. The van der Waals surface area contributed by atoms with Gasteiger partial charge in [0, 0.05) is 16.0 Å². The van der Waals surface area contributed by atoms with E-state index in [1.54, 1.807) is 24.3 Å². The molecule has 0 spiro atoms. The summed E-state index contributed by atoms with van der Waals surface area (Å²) >= 11 is 7.43. The van der Waals surface area contributed by atoms with E-state index >= 15 is 0 Å². The second-order valence-electron chi connectivity index (χ2n) is 4.83. The van der Waals surface area contributed by atoms with Gasteiger partial charge in [-0.3, -0.25) is 4.79 Å². The van der Waals surface area contributed by atoms with Gasteiger partial charge in [-0.15, -0.1) is 11.3 Å². The van der Waals surface area contributed by atoms with Crippen LogP contribution in [0.1, 0.15) is 5.56 Å². The van der Waals surface area contributed by atoms with Crippen LogP contribution in [-0.4, -0.2) is 10.9 Å². The van der Waals surface area contributed by atoms with Crippen molar-refractivity contribution in [2.45, 2.75) is 6.42 Å². The lowest BCUT2D eigenvalue weighted by Crippen LogP contribution is -2.15. The molecule has 0 radical (unpaired) electrons. The summed E-state index contributed by atoms with van der Waals surface area (Å²) in [5.41, 5.74) is 1.86. The molecule has 116 valence electrons. The van der Waals surface area contributed by atoms with Gasteiger partial charge in [-0.2, -0.15) is 0 Å². The second-order valence-corrected chi connectivity index (χ2v) is 6.10. The third-order valence-corrected chi connectivity index (χ3v) is 4.30. The summed E-state index contributed by atoms with van der Waals surface area (Å²) < 4.78 is 13.6. The summed E-state index contributed by atoms with van der Waals surface area (Å²) in [5.74, 6) is -0.700. The summed E-state index contributed by atoms with van der Waals surface area (Å²) in [7, 11) is 0. The Balaban J connectivity index is 1.71. The minimum atomic E-state index is -0.390. The van der Waals surface area contributed by atoms with E-state index in [-0.39, 0.29) is 12.3 Å². The van der Waals surface area contributed by atoms with E-state index < -0.39 is 5.82 Å². The number of hydrogen-bond donors (Lipinski definition) is 1. The summed E-state index contributed by atoms with van der Waals surface area (Å²) in [6.45, 7) is 0. The fourth-order valence-corrected chi connectivity index (χ4v) is 3.06. The van der Waals surface area contributed by atoms with Crippen LogP contribution in [0.4, 0.5) is 9.52 Å². The number of halogens is 2. The van der Waals surface area contributed by atoms with Crippen molar-refractivity contribution in [3.8, 4) is 11.3 Å².